The third kappa shape index (κ3) is 3.29. The van der Waals surface area contributed by atoms with Crippen LogP contribution < -0.4 is 5.32 Å². The lowest BCUT2D eigenvalue weighted by molar-refractivity contribution is -0.150. The van der Waals surface area contributed by atoms with Crippen molar-refractivity contribution < 1.29 is 29.0 Å². The third-order valence-corrected chi connectivity index (χ3v) is 4.60. The number of β-lactam (4-membered cyclic amide) rings is 1. The van der Waals surface area contributed by atoms with Crippen molar-refractivity contribution in [2.24, 2.45) is 0 Å². The molecule has 1 fully saturated rings. The topological polar surface area (TPSA) is 137 Å². The molecular formula is C13H13N3O6S. The summed E-state index contributed by atoms with van der Waals surface area (Å²) in [7, 11) is 0. The van der Waals surface area contributed by atoms with Gasteiger partial charge in [-0.3, -0.25) is 19.3 Å². The lowest BCUT2D eigenvalue weighted by atomic mass is 10.0. The van der Waals surface area contributed by atoms with E-state index >= 15 is 0 Å². The second kappa shape index (κ2) is 6.70. The summed E-state index contributed by atoms with van der Waals surface area (Å²) in [5, 5.41) is 19.7. The molecule has 0 unspecified atom stereocenters. The Hall–Kier alpha value is -2.54. The zero-order valence-corrected chi connectivity index (χ0v) is 12.9. The largest absolute Gasteiger partial charge is 0.477 e. The molecule has 2 N–H and O–H groups in total. The molecule has 1 saturated heterocycles. The van der Waals surface area contributed by atoms with E-state index in [0.717, 1.165) is 4.90 Å². The van der Waals surface area contributed by atoms with E-state index in [2.05, 4.69) is 5.32 Å². The molecule has 10 heteroatoms. The smallest absolute Gasteiger partial charge is 0.352 e. The Morgan fingerprint density at radius 2 is 2.22 bits per heavy atom. The van der Waals surface area contributed by atoms with Crippen LogP contribution in [-0.4, -0.2) is 57.5 Å². The normalized spacial score (nSPS) is 22.6. The first kappa shape index (κ1) is 16.8. The maximum atomic E-state index is 12.1. The highest BCUT2D eigenvalue weighted by Gasteiger charge is 2.54. The van der Waals surface area contributed by atoms with E-state index in [9.17, 15) is 24.3 Å². The molecule has 9 nitrogen and oxygen atoms in total. The number of thioether (sulfide) groups is 1. The number of nitrogens with zero attached hydrogens (tertiary/aromatic N) is 2. The molecule has 2 aliphatic heterocycles. The number of nitriles is 1. The number of rotatable bonds is 5. The molecule has 0 radical (unpaired) electrons. The fourth-order valence-corrected chi connectivity index (χ4v) is 3.61. The predicted molar refractivity (Wildman–Crippen MR) is 76.5 cm³/mol. The quantitative estimate of drug-likeness (QED) is 0.491. The number of carbonyl (C=O) groups excluding carboxylic acids is 3. The first-order chi connectivity index (χ1) is 10.9. The summed E-state index contributed by atoms with van der Waals surface area (Å²) >= 11 is 1.26. The zero-order chi connectivity index (χ0) is 17.1. The molecule has 0 bridgehead atoms. The summed E-state index contributed by atoms with van der Waals surface area (Å²) in [6, 6.07) is 0.818. The van der Waals surface area contributed by atoms with Gasteiger partial charge < -0.3 is 15.2 Å². The van der Waals surface area contributed by atoms with Gasteiger partial charge in [0.1, 0.15) is 30.1 Å². The molecule has 23 heavy (non-hydrogen) atoms. The fraction of sp³-hybridized carbons (Fsp3) is 0.462. The highest BCUT2D eigenvalue weighted by atomic mass is 32.2. The predicted octanol–water partition coefficient (Wildman–Crippen LogP) is -0.798. The summed E-state index contributed by atoms with van der Waals surface area (Å²) in [4.78, 5) is 47.0. The number of amides is 2. The van der Waals surface area contributed by atoms with Gasteiger partial charge >= 0.3 is 11.9 Å². The minimum atomic E-state index is -1.30. The highest BCUT2D eigenvalue weighted by molar-refractivity contribution is 8.00. The van der Waals surface area contributed by atoms with Gasteiger partial charge in [0.05, 0.1) is 6.07 Å². The first-order valence-corrected chi connectivity index (χ1v) is 7.61. The van der Waals surface area contributed by atoms with Crippen LogP contribution in [0.4, 0.5) is 0 Å². The Labute approximate surface area is 135 Å². The second-order valence-corrected chi connectivity index (χ2v) is 5.93. The molecule has 0 saturated carbocycles. The number of hydrogen-bond acceptors (Lipinski definition) is 7. The van der Waals surface area contributed by atoms with Crippen molar-refractivity contribution in [2.45, 2.75) is 24.8 Å². The Kier molecular flexibility index (Phi) is 4.90. The third-order valence-electron chi connectivity index (χ3n) is 3.26. The maximum Gasteiger partial charge on any atom is 0.352 e. The van der Waals surface area contributed by atoms with E-state index < -0.39 is 35.2 Å². The van der Waals surface area contributed by atoms with Gasteiger partial charge in [0, 0.05) is 18.2 Å². The average molecular weight is 339 g/mol. The van der Waals surface area contributed by atoms with Crippen LogP contribution in [0.1, 0.15) is 13.3 Å². The minimum absolute atomic E-state index is 0.202. The maximum absolute atomic E-state index is 12.1. The molecule has 2 aliphatic rings. The van der Waals surface area contributed by atoms with Crippen LogP contribution in [0.15, 0.2) is 11.3 Å². The summed E-state index contributed by atoms with van der Waals surface area (Å²) in [6.45, 7) is 1.00. The molecule has 0 aromatic rings. The van der Waals surface area contributed by atoms with Gasteiger partial charge in [-0.2, -0.15) is 5.26 Å². The van der Waals surface area contributed by atoms with Crippen molar-refractivity contribution >= 4 is 35.5 Å². The number of esters is 1. The Balaban J connectivity index is 2.16. The Bertz CT molecular complexity index is 653. The Morgan fingerprint density at radius 3 is 2.78 bits per heavy atom. The molecule has 2 atom stereocenters. The number of carbonyl (C=O) groups is 4. The van der Waals surface area contributed by atoms with E-state index in [1.807, 2.05) is 0 Å². The molecule has 2 amide bonds. The lowest BCUT2D eigenvalue weighted by Crippen LogP contribution is -2.70. The number of fused-ring (bicyclic) bond motifs is 1. The number of ether oxygens (including phenoxy) is 1. The summed E-state index contributed by atoms with van der Waals surface area (Å²) in [5.41, 5.74) is 0.106. The lowest BCUT2D eigenvalue weighted by Gasteiger charge is -2.49. The van der Waals surface area contributed by atoms with Crippen molar-refractivity contribution in [1.82, 2.24) is 10.2 Å². The van der Waals surface area contributed by atoms with Gasteiger partial charge in [0.25, 0.3) is 5.91 Å². The van der Waals surface area contributed by atoms with Crippen LogP contribution in [0.5, 0.6) is 0 Å². The summed E-state index contributed by atoms with van der Waals surface area (Å²) in [5.74, 6) is -2.74. The molecule has 2 rings (SSSR count). The highest BCUT2D eigenvalue weighted by Crippen LogP contribution is 2.40. The van der Waals surface area contributed by atoms with Crippen molar-refractivity contribution in [3.05, 3.63) is 11.3 Å². The van der Waals surface area contributed by atoms with Crippen molar-refractivity contribution in [3.63, 3.8) is 0 Å². The van der Waals surface area contributed by atoms with E-state index in [1.165, 1.54) is 18.7 Å². The number of carboxylic acid groups (broad SMARTS) is 1. The van der Waals surface area contributed by atoms with Crippen LogP contribution >= 0.6 is 11.8 Å². The molecule has 0 spiro atoms. The zero-order valence-electron chi connectivity index (χ0n) is 12.1. The van der Waals surface area contributed by atoms with Crippen LogP contribution in [-0.2, 0) is 23.9 Å². The first-order valence-electron chi connectivity index (χ1n) is 6.56. The minimum Gasteiger partial charge on any atom is -0.477 e. The van der Waals surface area contributed by atoms with Gasteiger partial charge in [-0.05, 0) is 0 Å². The summed E-state index contributed by atoms with van der Waals surface area (Å²) in [6.07, 6.45) is -0.375. The van der Waals surface area contributed by atoms with Gasteiger partial charge in [-0.25, -0.2) is 4.79 Å². The van der Waals surface area contributed by atoms with Gasteiger partial charge in [-0.1, -0.05) is 0 Å². The molecule has 0 aromatic heterocycles. The molecule has 0 aliphatic carbocycles. The van der Waals surface area contributed by atoms with Crippen LogP contribution in [0.25, 0.3) is 0 Å². The number of nitrogens with one attached hydrogen (secondary N) is 1. The van der Waals surface area contributed by atoms with Crippen molar-refractivity contribution in [2.75, 3.05) is 12.4 Å². The standard InChI is InChI=1S/C13H13N3O6S/c1-6(17)22-4-7-5-23-12-9(15-8(18)2-3-14)11(19)16(12)10(7)13(20)21/h9,12H,2,4-5H2,1H3,(H,15,18)(H,20,21)/t9-,12+/m1/s1. The molecule has 0 aromatic carbocycles. The second-order valence-electron chi connectivity index (χ2n) is 4.83. The van der Waals surface area contributed by atoms with E-state index in [-0.39, 0.29) is 24.5 Å². The average Bonchev–Trinajstić information content (AvgIpc) is 2.49. The number of aliphatic carboxylic acids is 1. The monoisotopic (exact) mass is 339 g/mol. The molecular weight excluding hydrogens is 326 g/mol. The van der Waals surface area contributed by atoms with E-state index in [1.54, 1.807) is 6.07 Å². The van der Waals surface area contributed by atoms with Gasteiger partial charge in [0.15, 0.2) is 0 Å². The van der Waals surface area contributed by atoms with E-state index in [4.69, 9.17) is 10.00 Å². The number of hydrogen-bond donors (Lipinski definition) is 2. The van der Waals surface area contributed by atoms with Crippen molar-refractivity contribution in [3.8, 4) is 6.07 Å². The Morgan fingerprint density at radius 1 is 1.52 bits per heavy atom. The van der Waals surface area contributed by atoms with Crippen LogP contribution in [0.2, 0.25) is 0 Å². The SMILES string of the molecule is CC(=O)OCC1=C(C(=O)O)N2C(=O)[C@@H](NC(=O)CC#N)[C@@H]2SC1. The molecule has 122 valence electrons. The van der Waals surface area contributed by atoms with Gasteiger partial charge in [-0.15, -0.1) is 11.8 Å². The van der Waals surface area contributed by atoms with Crippen LogP contribution in [0, 0.1) is 11.3 Å². The molecule has 2 heterocycles. The van der Waals surface area contributed by atoms with Gasteiger partial charge in [0.2, 0.25) is 5.91 Å². The number of carboxylic acids is 1. The van der Waals surface area contributed by atoms with Crippen LogP contribution in [0.3, 0.4) is 0 Å². The fourth-order valence-electron chi connectivity index (χ4n) is 2.28. The summed E-state index contributed by atoms with van der Waals surface area (Å²) < 4.78 is 4.81. The van der Waals surface area contributed by atoms with Crippen molar-refractivity contribution in [1.29, 1.82) is 5.26 Å². The van der Waals surface area contributed by atoms with E-state index in [0.29, 0.717) is 5.57 Å².